The number of nitrogens with two attached hydrogens (primary N) is 1. The number of fused-ring (bicyclic) bond motifs is 1. The number of carbonyl (C=O) groups is 1. The Morgan fingerprint density at radius 3 is 2.72 bits per heavy atom. The maximum Gasteiger partial charge on any atom is 0.299 e. The van der Waals surface area contributed by atoms with Crippen LogP contribution >= 0.6 is 0 Å². The third kappa shape index (κ3) is 3.03. The smallest absolute Gasteiger partial charge is 0.299 e. The molecule has 0 spiro atoms. The number of nitrogen functional groups attached to an aromatic ring is 1. The highest BCUT2D eigenvalue weighted by Crippen LogP contribution is 2.39. The molecule has 0 atom stereocenters. The summed E-state index contributed by atoms with van der Waals surface area (Å²) < 4.78 is 1.73. The van der Waals surface area contributed by atoms with E-state index in [0.29, 0.717) is 17.6 Å². The predicted molar refractivity (Wildman–Crippen MR) is 95.3 cm³/mol. The van der Waals surface area contributed by atoms with Gasteiger partial charge >= 0.3 is 0 Å². The van der Waals surface area contributed by atoms with Gasteiger partial charge in [0.15, 0.2) is 5.69 Å². The minimum absolute atomic E-state index is 0.0412. The summed E-state index contributed by atoms with van der Waals surface area (Å²) in [5, 5.41) is 28.5. The van der Waals surface area contributed by atoms with Crippen molar-refractivity contribution in [3.05, 3.63) is 48.0 Å². The first-order valence-corrected chi connectivity index (χ1v) is 7.87. The lowest BCUT2D eigenvalue weighted by Gasteiger charge is -2.03. The van der Waals surface area contributed by atoms with E-state index in [-0.39, 0.29) is 22.9 Å². The molecule has 4 N–H and O–H groups in total. The van der Waals surface area contributed by atoms with Crippen LogP contribution in [0.3, 0.4) is 0 Å². The summed E-state index contributed by atoms with van der Waals surface area (Å²) in [4.78, 5) is 12.2. The van der Waals surface area contributed by atoms with Gasteiger partial charge in [0.25, 0.3) is 5.91 Å². The third-order valence-electron chi connectivity index (χ3n) is 3.86. The van der Waals surface area contributed by atoms with Crippen LogP contribution in [0.4, 0.5) is 11.4 Å². The number of nitrogens with zero attached hydrogens (tertiary/aromatic N) is 3. The molecule has 25 heavy (non-hydrogen) atoms. The second-order valence-corrected chi connectivity index (χ2v) is 5.62. The fourth-order valence-electron chi connectivity index (χ4n) is 2.69. The molecule has 0 aliphatic heterocycles. The van der Waals surface area contributed by atoms with Crippen LogP contribution in [0.1, 0.15) is 23.7 Å². The van der Waals surface area contributed by atoms with Gasteiger partial charge in [0.1, 0.15) is 5.75 Å². The van der Waals surface area contributed by atoms with Crippen LogP contribution in [-0.2, 0) is 6.54 Å². The Hall–Kier alpha value is -3.35. The number of para-hydroxylation sites is 1. The number of aryl methyl sites for hydroxylation is 1. The van der Waals surface area contributed by atoms with E-state index in [1.807, 2.05) is 25.1 Å². The third-order valence-corrected chi connectivity index (χ3v) is 3.86. The van der Waals surface area contributed by atoms with E-state index in [9.17, 15) is 15.0 Å². The van der Waals surface area contributed by atoms with Gasteiger partial charge in [0, 0.05) is 17.6 Å². The summed E-state index contributed by atoms with van der Waals surface area (Å²) in [7, 11) is 0. The number of rotatable bonds is 4. The van der Waals surface area contributed by atoms with Crippen LogP contribution in [0, 0.1) is 0 Å². The molecule has 1 heterocycles. The minimum atomic E-state index is -0.739. The van der Waals surface area contributed by atoms with E-state index in [2.05, 4.69) is 10.2 Å². The minimum Gasteiger partial charge on any atom is -0.507 e. The second kappa shape index (κ2) is 6.64. The topological polar surface area (TPSA) is 113 Å². The average Bonchev–Trinajstić information content (AvgIpc) is 2.87. The summed E-state index contributed by atoms with van der Waals surface area (Å²) in [5.74, 6) is -1.01. The molecule has 0 saturated heterocycles. The van der Waals surface area contributed by atoms with Crippen LogP contribution in [0.25, 0.3) is 10.9 Å². The molecule has 3 aromatic rings. The summed E-state index contributed by atoms with van der Waals surface area (Å²) in [6.45, 7) is 2.62. The Morgan fingerprint density at radius 2 is 1.96 bits per heavy atom. The number of anilines is 1. The second-order valence-electron chi connectivity index (χ2n) is 5.62. The lowest BCUT2D eigenvalue weighted by Crippen LogP contribution is -1.96. The largest absolute Gasteiger partial charge is 0.507 e. The molecule has 0 fully saturated rings. The number of azo groups is 1. The number of benzene rings is 2. The Morgan fingerprint density at radius 1 is 1.20 bits per heavy atom. The first kappa shape index (κ1) is 16.5. The van der Waals surface area contributed by atoms with Crippen LogP contribution in [0.5, 0.6) is 11.6 Å². The van der Waals surface area contributed by atoms with Crippen molar-refractivity contribution in [2.24, 2.45) is 10.2 Å². The van der Waals surface area contributed by atoms with E-state index >= 15 is 0 Å². The standard InChI is InChI=1S/C18H18N4O3/c1-2-9-22-14-6-4-3-5-12(14)16(18(22)25)20-21-17(24)13-10-11(19)7-8-15(13)23/h3-8,10,23,25H,2,9,19H2,1H3. The van der Waals surface area contributed by atoms with E-state index in [1.54, 1.807) is 10.6 Å². The zero-order valence-corrected chi connectivity index (χ0v) is 13.7. The zero-order valence-electron chi connectivity index (χ0n) is 13.7. The van der Waals surface area contributed by atoms with Gasteiger partial charge < -0.3 is 20.5 Å². The monoisotopic (exact) mass is 338 g/mol. The SMILES string of the molecule is CCCn1c(O)c(N=NC(=O)c2cc(N)ccc2O)c2ccccc21. The molecular formula is C18H18N4O3. The zero-order chi connectivity index (χ0) is 18.0. The highest BCUT2D eigenvalue weighted by molar-refractivity contribution is 5.99. The molecule has 7 nitrogen and oxygen atoms in total. The normalized spacial score (nSPS) is 11.4. The highest BCUT2D eigenvalue weighted by Gasteiger charge is 2.17. The molecule has 128 valence electrons. The molecule has 0 bridgehead atoms. The van der Waals surface area contributed by atoms with Crippen LogP contribution in [0.2, 0.25) is 0 Å². The van der Waals surface area contributed by atoms with Gasteiger partial charge in [-0.05, 0) is 30.7 Å². The lowest BCUT2D eigenvalue weighted by molar-refractivity contribution is 0.0992. The van der Waals surface area contributed by atoms with E-state index in [0.717, 1.165) is 11.9 Å². The van der Waals surface area contributed by atoms with Gasteiger partial charge in [-0.25, -0.2) is 0 Å². The number of carbonyl (C=O) groups excluding carboxylic acids is 1. The van der Waals surface area contributed by atoms with Crippen molar-refractivity contribution in [1.29, 1.82) is 0 Å². The number of aromatic hydroxyl groups is 2. The molecule has 3 rings (SSSR count). The molecule has 0 radical (unpaired) electrons. The Labute approximate surface area is 144 Å². The number of phenols is 1. The molecule has 0 unspecified atom stereocenters. The van der Waals surface area contributed by atoms with Gasteiger partial charge in [-0.3, -0.25) is 4.79 Å². The first-order chi connectivity index (χ1) is 12.0. The van der Waals surface area contributed by atoms with Gasteiger partial charge in [0.2, 0.25) is 5.88 Å². The number of phenolic OH excluding ortho intramolecular Hbond substituents is 1. The van der Waals surface area contributed by atoms with Crippen molar-refractivity contribution in [2.45, 2.75) is 19.9 Å². The maximum absolute atomic E-state index is 12.2. The predicted octanol–water partition coefficient (Wildman–Crippen LogP) is 3.97. The van der Waals surface area contributed by atoms with Gasteiger partial charge in [-0.15, -0.1) is 10.2 Å². The summed E-state index contributed by atoms with van der Waals surface area (Å²) >= 11 is 0. The quantitative estimate of drug-likeness (QED) is 0.379. The van der Waals surface area contributed by atoms with E-state index in [1.165, 1.54) is 18.2 Å². The number of aromatic nitrogens is 1. The van der Waals surface area contributed by atoms with Crippen molar-refractivity contribution >= 4 is 28.2 Å². The fourth-order valence-corrected chi connectivity index (χ4v) is 2.69. The fraction of sp³-hybridized carbons (Fsp3) is 0.167. The summed E-state index contributed by atoms with van der Waals surface area (Å²) in [6.07, 6.45) is 0.832. The van der Waals surface area contributed by atoms with Crippen LogP contribution in [-0.4, -0.2) is 20.7 Å². The summed E-state index contributed by atoms with van der Waals surface area (Å²) in [5.41, 5.74) is 6.96. The van der Waals surface area contributed by atoms with Crippen molar-refractivity contribution in [3.63, 3.8) is 0 Å². The van der Waals surface area contributed by atoms with Crippen molar-refractivity contribution in [2.75, 3.05) is 5.73 Å². The average molecular weight is 338 g/mol. The van der Waals surface area contributed by atoms with E-state index < -0.39 is 5.91 Å². The Kier molecular flexibility index (Phi) is 4.38. The molecule has 7 heteroatoms. The number of hydrogen-bond acceptors (Lipinski definition) is 5. The molecule has 0 aliphatic rings. The Bertz CT molecular complexity index is 976. The maximum atomic E-state index is 12.2. The molecule has 1 aromatic heterocycles. The van der Waals surface area contributed by atoms with Gasteiger partial charge in [0.05, 0.1) is 11.1 Å². The van der Waals surface area contributed by atoms with Gasteiger partial charge in [-0.1, -0.05) is 25.1 Å². The Balaban J connectivity index is 2.03. The van der Waals surface area contributed by atoms with E-state index in [4.69, 9.17) is 5.73 Å². The molecule has 0 saturated carbocycles. The van der Waals surface area contributed by atoms with Crippen LogP contribution < -0.4 is 5.73 Å². The molecular weight excluding hydrogens is 320 g/mol. The highest BCUT2D eigenvalue weighted by atomic mass is 16.3. The molecule has 2 aromatic carbocycles. The van der Waals surface area contributed by atoms with Crippen LogP contribution in [0.15, 0.2) is 52.7 Å². The molecule has 1 amide bonds. The number of amides is 1. The number of hydrogen-bond donors (Lipinski definition) is 3. The van der Waals surface area contributed by atoms with Crippen molar-refractivity contribution in [3.8, 4) is 11.6 Å². The van der Waals surface area contributed by atoms with Crippen molar-refractivity contribution in [1.82, 2.24) is 4.57 Å². The first-order valence-electron chi connectivity index (χ1n) is 7.87. The summed E-state index contributed by atoms with van der Waals surface area (Å²) in [6, 6.07) is 11.5. The molecule has 0 aliphatic carbocycles. The van der Waals surface area contributed by atoms with Crippen molar-refractivity contribution < 1.29 is 15.0 Å². The lowest BCUT2D eigenvalue weighted by atomic mass is 10.1. The van der Waals surface area contributed by atoms with Gasteiger partial charge in [-0.2, -0.15) is 0 Å².